The Morgan fingerprint density at radius 1 is 1.17 bits per heavy atom. The van der Waals surface area contributed by atoms with Crippen LogP contribution in [0.5, 0.6) is 0 Å². The number of hydrogen-bond donors (Lipinski definition) is 4. The van der Waals surface area contributed by atoms with Crippen molar-refractivity contribution < 1.29 is 39.1 Å². The number of aliphatic hydroxyl groups is 3. The van der Waals surface area contributed by atoms with Crippen LogP contribution in [0, 0.1) is 29.1 Å². The Morgan fingerprint density at radius 3 is 2.39 bits per heavy atom. The standard InChI is InChI=1S/C27H47NO8/c1-14-9-10-17(12-28)34-20(14)18-15(2)11-16(3)21(19(18)29)35-23-22(30)27(8,26(7,32)13-33-23)24(31)36-25(4,5)6/h10,14-16,18-23,29-30,32H,9,11-13,28H2,1-8H3. The Labute approximate surface area is 215 Å². The minimum atomic E-state index is -1.71. The van der Waals surface area contributed by atoms with Gasteiger partial charge in [-0.1, -0.05) is 20.8 Å². The number of allylic oxidation sites excluding steroid dienone is 1. The van der Waals surface area contributed by atoms with Gasteiger partial charge in [0.25, 0.3) is 0 Å². The molecule has 9 heteroatoms. The van der Waals surface area contributed by atoms with Crippen molar-refractivity contribution in [3.63, 3.8) is 0 Å². The van der Waals surface area contributed by atoms with Crippen LogP contribution in [0.2, 0.25) is 0 Å². The summed E-state index contributed by atoms with van der Waals surface area (Å²) in [5.74, 6) is 0.106. The molecule has 0 aromatic rings. The Hall–Kier alpha value is -1.23. The number of aliphatic hydroxyl groups excluding tert-OH is 2. The molecular weight excluding hydrogens is 466 g/mol. The predicted molar refractivity (Wildman–Crippen MR) is 133 cm³/mol. The molecule has 3 aliphatic rings. The molecule has 0 radical (unpaired) electrons. The number of esters is 1. The summed E-state index contributed by atoms with van der Waals surface area (Å²) in [6.45, 7) is 14.4. The molecular formula is C27H47NO8. The Bertz CT molecular complexity index is 823. The summed E-state index contributed by atoms with van der Waals surface area (Å²) in [6, 6.07) is 0. The van der Waals surface area contributed by atoms with Gasteiger partial charge in [-0.2, -0.15) is 0 Å². The van der Waals surface area contributed by atoms with Crippen molar-refractivity contribution in [2.24, 2.45) is 34.8 Å². The van der Waals surface area contributed by atoms with Gasteiger partial charge >= 0.3 is 5.97 Å². The normalized spacial score (nSPS) is 46.0. The maximum absolute atomic E-state index is 13.2. The highest BCUT2D eigenvalue weighted by atomic mass is 16.7. The number of nitrogens with two attached hydrogens (primary N) is 1. The number of rotatable bonds is 5. The van der Waals surface area contributed by atoms with Crippen LogP contribution in [0.1, 0.15) is 68.2 Å². The van der Waals surface area contributed by atoms with Crippen molar-refractivity contribution in [2.45, 2.75) is 110 Å². The highest BCUT2D eigenvalue weighted by molar-refractivity contribution is 5.79. The van der Waals surface area contributed by atoms with Gasteiger partial charge in [0.15, 0.2) is 6.29 Å². The highest BCUT2D eigenvalue weighted by Gasteiger charge is 2.63. The van der Waals surface area contributed by atoms with Crippen LogP contribution in [0.25, 0.3) is 0 Å². The van der Waals surface area contributed by atoms with E-state index in [0.29, 0.717) is 6.54 Å². The topological polar surface area (TPSA) is 141 Å². The number of carbonyl (C=O) groups is 1. The average molecular weight is 514 g/mol. The van der Waals surface area contributed by atoms with Crippen molar-refractivity contribution in [2.75, 3.05) is 13.2 Å². The van der Waals surface area contributed by atoms with Gasteiger partial charge in [0.2, 0.25) is 0 Å². The van der Waals surface area contributed by atoms with Gasteiger partial charge < -0.3 is 40.0 Å². The third-order valence-electron chi connectivity index (χ3n) is 8.45. The summed E-state index contributed by atoms with van der Waals surface area (Å²) >= 11 is 0. The zero-order valence-corrected chi connectivity index (χ0v) is 23.1. The summed E-state index contributed by atoms with van der Waals surface area (Å²) in [6.07, 6.45) is -0.922. The Kier molecular flexibility index (Phi) is 8.55. The van der Waals surface area contributed by atoms with E-state index >= 15 is 0 Å². The lowest BCUT2D eigenvalue weighted by molar-refractivity contribution is -0.330. The van der Waals surface area contributed by atoms with Gasteiger partial charge in [0.05, 0.1) is 25.4 Å². The molecule has 11 unspecified atom stereocenters. The molecule has 0 spiro atoms. The second-order valence-corrected chi connectivity index (χ2v) is 12.6. The third-order valence-corrected chi connectivity index (χ3v) is 8.45. The third kappa shape index (κ3) is 5.47. The van der Waals surface area contributed by atoms with Crippen molar-refractivity contribution in [1.82, 2.24) is 0 Å². The molecule has 2 fully saturated rings. The lowest BCUT2D eigenvalue weighted by atomic mass is 9.66. The van der Waals surface area contributed by atoms with Gasteiger partial charge in [-0.15, -0.1) is 0 Å². The summed E-state index contributed by atoms with van der Waals surface area (Å²) in [7, 11) is 0. The van der Waals surface area contributed by atoms with E-state index in [4.69, 9.17) is 24.7 Å². The highest BCUT2D eigenvalue weighted by Crippen LogP contribution is 2.46. The second kappa shape index (κ2) is 10.5. The lowest BCUT2D eigenvalue weighted by Crippen LogP contribution is -2.68. The number of ether oxygens (including phenoxy) is 4. The molecule has 0 aromatic carbocycles. The van der Waals surface area contributed by atoms with Crippen molar-refractivity contribution in [1.29, 1.82) is 0 Å². The maximum Gasteiger partial charge on any atom is 0.318 e. The SMILES string of the molecule is CC1CC(C)C(C2OC(CN)=CCC2C)C(O)C1OC1OCC(C)(O)C(C)(C(=O)OC(C)(C)C)C1O. The van der Waals surface area contributed by atoms with E-state index in [1.807, 2.05) is 13.0 Å². The number of hydrogen-bond acceptors (Lipinski definition) is 9. The Morgan fingerprint density at radius 2 is 1.81 bits per heavy atom. The van der Waals surface area contributed by atoms with Crippen LogP contribution in [0.3, 0.4) is 0 Å². The zero-order chi connectivity index (χ0) is 27.2. The molecule has 2 heterocycles. The molecule has 0 amide bonds. The van der Waals surface area contributed by atoms with Gasteiger partial charge in [-0.25, -0.2) is 0 Å². The minimum absolute atomic E-state index is 0.0410. The first kappa shape index (κ1) is 29.3. The van der Waals surface area contributed by atoms with Crippen LogP contribution in [0.4, 0.5) is 0 Å². The van der Waals surface area contributed by atoms with E-state index in [2.05, 4.69) is 13.8 Å². The molecule has 0 aromatic heterocycles. The van der Waals surface area contributed by atoms with Crippen LogP contribution in [0.15, 0.2) is 11.8 Å². The molecule has 208 valence electrons. The zero-order valence-electron chi connectivity index (χ0n) is 23.1. The molecule has 9 nitrogen and oxygen atoms in total. The van der Waals surface area contributed by atoms with E-state index in [1.54, 1.807) is 20.8 Å². The van der Waals surface area contributed by atoms with Gasteiger partial charge in [0, 0.05) is 5.92 Å². The lowest BCUT2D eigenvalue weighted by Gasteiger charge is -2.52. The van der Waals surface area contributed by atoms with E-state index < -0.39 is 47.2 Å². The average Bonchev–Trinajstić information content (AvgIpc) is 2.76. The van der Waals surface area contributed by atoms with Crippen LogP contribution in [-0.4, -0.2) is 76.3 Å². The first-order chi connectivity index (χ1) is 16.5. The van der Waals surface area contributed by atoms with Gasteiger partial charge in [-0.05, 0) is 71.3 Å². The molecule has 1 saturated heterocycles. The summed E-state index contributed by atoms with van der Waals surface area (Å²) in [4.78, 5) is 13.2. The van der Waals surface area contributed by atoms with Gasteiger partial charge in [-0.3, -0.25) is 4.79 Å². The van der Waals surface area contributed by atoms with Crippen LogP contribution in [-0.2, 0) is 23.7 Å². The van der Waals surface area contributed by atoms with Gasteiger partial charge in [0.1, 0.15) is 34.6 Å². The largest absolute Gasteiger partial charge is 0.493 e. The smallest absolute Gasteiger partial charge is 0.318 e. The monoisotopic (exact) mass is 513 g/mol. The summed E-state index contributed by atoms with van der Waals surface area (Å²) < 4.78 is 23.8. The quantitative estimate of drug-likeness (QED) is 0.407. The fraction of sp³-hybridized carbons (Fsp3) is 0.889. The van der Waals surface area contributed by atoms with Crippen LogP contribution < -0.4 is 5.73 Å². The number of carbonyl (C=O) groups excluding carboxylic acids is 1. The molecule has 1 saturated carbocycles. The Balaban J connectivity index is 1.83. The minimum Gasteiger partial charge on any atom is -0.493 e. The van der Waals surface area contributed by atoms with Crippen molar-refractivity contribution in [3.05, 3.63) is 11.8 Å². The second-order valence-electron chi connectivity index (χ2n) is 12.6. The molecule has 36 heavy (non-hydrogen) atoms. The summed E-state index contributed by atoms with van der Waals surface area (Å²) in [5, 5.41) is 34.0. The molecule has 3 rings (SSSR count). The van der Waals surface area contributed by atoms with Crippen molar-refractivity contribution >= 4 is 5.97 Å². The molecule has 2 aliphatic heterocycles. The van der Waals surface area contributed by atoms with E-state index in [0.717, 1.165) is 18.6 Å². The predicted octanol–water partition coefficient (Wildman–Crippen LogP) is 2.11. The van der Waals surface area contributed by atoms with Crippen LogP contribution >= 0.6 is 0 Å². The fourth-order valence-corrected chi connectivity index (χ4v) is 5.95. The molecule has 5 N–H and O–H groups in total. The summed E-state index contributed by atoms with van der Waals surface area (Å²) in [5.41, 5.74) is 1.61. The fourth-order valence-electron chi connectivity index (χ4n) is 5.95. The first-order valence-electron chi connectivity index (χ1n) is 13.2. The van der Waals surface area contributed by atoms with E-state index in [9.17, 15) is 20.1 Å². The first-order valence-corrected chi connectivity index (χ1v) is 13.2. The molecule has 1 aliphatic carbocycles. The maximum atomic E-state index is 13.2. The molecule has 0 bridgehead atoms. The molecule has 11 atom stereocenters. The van der Waals surface area contributed by atoms with Crippen molar-refractivity contribution in [3.8, 4) is 0 Å². The van der Waals surface area contributed by atoms with E-state index in [-0.39, 0.29) is 36.4 Å². The van der Waals surface area contributed by atoms with E-state index in [1.165, 1.54) is 13.8 Å².